The molecule has 5 heteroatoms. The van der Waals surface area contributed by atoms with Gasteiger partial charge in [-0.3, -0.25) is 4.90 Å². The number of hydrogen-bond donors (Lipinski definition) is 1. The molecule has 0 aliphatic carbocycles. The molecule has 4 aromatic rings. The highest BCUT2D eigenvalue weighted by Crippen LogP contribution is 2.42. The number of fused-ring (bicyclic) bond motifs is 4. The van der Waals surface area contributed by atoms with Crippen LogP contribution in [0.3, 0.4) is 0 Å². The van der Waals surface area contributed by atoms with Crippen LogP contribution in [0.25, 0.3) is 10.2 Å². The third-order valence-corrected chi connectivity index (χ3v) is 8.87. The molecular weight excluding hydrogens is 450 g/mol. The summed E-state index contributed by atoms with van der Waals surface area (Å²) in [7, 11) is 1.75. The first-order chi connectivity index (χ1) is 17.2. The highest BCUT2D eigenvalue weighted by atomic mass is 32.1. The van der Waals surface area contributed by atoms with Crippen LogP contribution >= 0.6 is 11.3 Å². The molecule has 0 radical (unpaired) electrons. The lowest BCUT2D eigenvalue weighted by atomic mass is 9.70. The molecule has 1 N–H and O–H groups in total. The minimum atomic E-state index is 0.338. The average Bonchev–Trinajstić information content (AvgIpc) is 3.30. The molecule has 35 heavy (non-hydrogen) atoms. The van der Waals surface area contributed by atoms with Crippen molar-refractivity contribution < 1.29 is 4.74 Å². The number of methoxy groups -OCH3 is 1. The van der Waals surface area contributed by atoms with Crippen molar-refractivity contribution in [3.8, 4) is 5.75 Å². The number of rotatable bonds is 7. The maximum atomic E-state index is 5.63. The molecule has 3 aliphatic rings. The molecule has 0 saturated carbocycles. The standard InChI is InChI=1S/C30H33N3OS/c1-20-32-28-24(17-25(34-2)18-26(28)35-20)19-31-29-23-13-15-33(16-14-23)30(29)27(21-9-5-3-6-10-21)22-11-7-4-8-12-22/h3-12,17-18,23,27,29-31H,13-16,19H2,1-2H3/t29-,30-/m0/s1. The second-order valence-electron chi connectivity index (χ2n) is 9.94. The van der Waals surface area contributed by atoms with Gasteiger partial charge in [-0.15, -0.1) is 11.3 Å². The van der Waals surface area contributed by atoms with Gasteiger partial charge in [0.25, 0.3) is 0 Å². The largest absolute Gasteiger partial charge is 0.497 e. The minimum Gasteiger partial charge on any atom is -0.497 e. The van der Waals surface area contributed by atoms with E-state index in [-0.39, 0.29) is 0 Å². The fraction of sp³-hybridized carbons (Fsp3) is 0.367. The summed E-state index contributed by atoms with van der Waals surface area (Å²) < 4.78 is 6.84. The van der Waals surface area contributed by atoms with E-state index < -0.39 is 0 Å². The summed E-state index contributed by atoms with van der Waals surface area (Å²) in [6.45, 7) is 5.28. The Hall–Kier alpha value is -2.73. The molecule has 2 bridgehead atoms. The number of aromatic nitrogens is 1. The summed E-state index contributed by atoms with van der Waals surface area (Å²) in [5.41, 5.74) is 5.15. The van der Waals surface area contributed by atoms with E-state index in [0.29, 0.717) is 23.9 Å². The lowest BCUT2D eigenvalue weighted by Crippen LogP contribution is -2.64. The van der Waals surface area contributed by atoms with Crippen molar-refractivity contribution in [1.82, 2.24) is 15.2 Å². The van der Waals surface area contributed by atoms with Gasteiger partial charge in [0, 0.05) is 24.5 Å². The van der Waals surface area contributed by atoms with Crippen LogP contribution in [-0.4, -0.2) is 42.2 Å². The highest BCUT2D eigenvalue weighted by Gasteiger charge is 2.46. The second kappa shape index (κ2) is 9.73. The molecule has 1 aromatic heterocycles. The van der Waals surface area contributed by atoms with E-state index in [4.69, 9.17) is 9.72 Å². The predicted octanol–water partition coefficient (Wildman–Crippen LogP) is 6.00. The number of nitrogens with zero attached hydrogens (tertiary/aromatic N) is 2. The van der Waals surface area contributed by atoms with E-state index >= 15 is 0 Å². The van der Waals surface area contributed by atoms with Gasteiger partial charge in [-0.25, -0.2) is 4.98 Å². The number of nitrogens with one attached hydrogen (secondary N) is 1. The molecular formula is C30H33N3OS. The SMILES string of the molecule is COc1cc(CN[C@H]2C3CCN(CC3)[C@H]2C(c2ccccc2)c2ccccc2)c2nc(C)sc2c1. The zero-order chi connectivity index (χ0) is 23.8. The Balaban J connectivity index is 1.36. The zero-order valence-corrected chi connectivity index (χ0v) is 21.3. The van der Waals surface area contributed by atoms with Crippen LogP contribution in [0, 0.1) is 12.8 Å². The summed E-state index contributed by atoms with van der Waals surface area (Å²) in [5, 5.41) is 5.16. The third-order valence-electron chi connectivity index (χ3n) is 7.95. The topological polar surface area (TPSA) is 37.4 Å². The molecule has 0 spiro atoms. The molecule has 0 amide bonds. The van der Waals surface area contributed by atoms with Crippen LogP contribution < -0.4 is 10.1 Å². The van der Waals surface area contributed by atoms with Crippen LogP contribution in [0.4, 0.5) is 0 Å². The summed E-state index contributed by atoms with van der Waals surface area (Å²) in [5.74, 6) is 1.94. The Bertz CT molecular complexity index is 1240. The highest BCUT2D eigenvalue weighted by molar-refractivity contribution is 7.18. The monoisotopic (exact) mass is 483 g/mol. The van der Waals surface area contributed by atoms with E-state index in [1.165, 1.54) is 47.3 Å². The van der Waals surface area contributed by atoms with E-state index in [2.05, 4.69) is 89.9 Å². The van der Waals surface area contributed by atoms with Crippen molar-refractivity contribution in [2.45, 2.75) is 44.3 Å². The number of ether oxygens (including phenoxy) is 1. The normalized spacial score (nSPS) is 23.7. The number of thiazole rings is 1. The molecule has 7 rings (SSSR count). The number of benzene rings is 3. The molecule has 3 aromatic carbocycles. The summed E-state index contributed by atoms with van der Waals surface area (Å²) >= 11 is 1.74. The Labute approximate surface area is 212 Å². The molecule has 3 fully saturated rings. The van der Waals surface area contributed by atoms with Crippen LogP contribution in [0.15, 0.2) is 72.8 Å². The first-order valence-electron chi connectivity index (χ1n) is 12.7. The Kier molecular flexibility index (Phi) is 6.31. The van der Waals surface area contributed by atoms with Gasteiger partial charge >= 0.3 is 0 Å². The molecule has 2 atom stereocenters. The van der Waals surface area contributed by atoms with E-state index in [1.807, 2.05) is 0 Å². The van der Waals surface area contributed by atoms with Crippen molar-refractivity contribution in [1.29, 1.82) is 0 Å². The molecule has 3 aliphatic heterocycles. The number of aryl methyl sites for hydroxylation is 1. The van der Waals surface area contributed by atoms with Crippen LogP contribution in [0.2, 0.25) is 0 Å². The lowest BCUT2D eigenvalue weighted by Gasteiger charge is -2.54. The smallest absolute Gasteiger partial charge is 0.120 e. The molecule has 0 unspecified atom stereocenters. The van der Waals surface area contributed by atoms with Gasteiger partial charge in [0.05, 0.1) is 22.3 Å². The van der Waals surface area contributed by atoms with Crippen molar-refractivity contribution in [2.75, 3.05) is 20.2 Å². The van der Waals surface area contributed by atoms with Gasteiger partial charge < -0.3 is 10.1 Å². The lowest BCUT2D eigenvalue weighted by molar-refractivity contribution is 0.00471. The fourth-order valence-corrected chi connectivity index (χ4v) is 7.26. The quantitative estimate of drug-likeness (QED) is 0.350. The second-order valence-corrected chi connectivity index (χ2v) is 11.2. The third kappa shape index (κ3) is 4.37. The Morgan fingerprint density at radius 2 is 1.66 bits per heavy atom. The Morgan fingerprint density at radius 3 is 2.29 bits per heavy atom. The van der Waals surface area contributed by atoms with Gasteiger partial charge in [-0.1, -0.05) is 60.7 Å². The van der Waals surface area contributed by atoms with E-state index in [1.54, 1.807) is 18.4 Å². The van der Waals surface area contributed by atoms with Crippen LogP contribution in [-0.2, 0) is 6.54 Å². The first-order valence-corrected chi connectivity index (χ1v) is 13.5. The predicted molar refractivity (Wildman–Crippen MR) is 144 cm³/mol. The van der Waals surface area contributed by atoms with Gasteiger partial charge in [0.2, 0.25) is 0 Å². The Morgan fingerprint density at radius 1 is 1.00 bits per heavy atom. The molecule has 4 nitrogen and oxygen atoms in total. The summed E-state index contributed by atoms with van der Waals surface area (Å²) in [4.78, 5) is 7.61. The average molecular weight is 484 g/mol. The van der Waals surface area contributed by atoms with Crippen molar-refractivity contribution in [3.63, 3.8) is 0 Å². The van der Waals surface area contributed by atoms with Crippen LogP contribution in [0.1, 0.15) is 40.5 Å². The van der Waals surface area contributed by atoms with Gasteiger partial charge in [0.1, 0.15) is 5.75 Å². The van der Waals surface area contributed by atoms with E-state index in [0.717, 1.165) is 22.8 Å². The van der Waals surface area contributed by atoms with Crippen molar-refractivity contribution >= 4 is 21.6 Å². The van der Waals surface area contributed by atoms with Gasteiger partial charge in [-0.05, 0) is 67.6 Å². The molecule has 4 heterocycles. The van der Waals surface area contributed by atoms with Gasteiger partial charge in [0.15, 0.2) is 0 Å². The molecule has 3 saturated heterocycles. The first kappa shape index (κ1) is 22.7. The number of piperidine rings is 3. The minimum absolute atomic E-state index is 0.338. The maximum Gasteiger partial charge on any atom is 0.120 e. The fourth-order valence-electron chi connectivity index (χ4n) is 6.36. The van der Waals surface area contributed by atoms with Crippen molar-refractivity contribution in [2.24, 2.45) is 5.92 Å². The van der Waals surface area contributed by atoms with E-state index in [9.17, 15) is 0 Å². The maximum absolute atomic E-state index is 5.63. The van der Waals surface area contributed by atoms with Gasteiger partial charge in [-0.2, -0.15) is 0 Å². The van der Waals surface area contributed by atoms with Crippen molar-refractivity contribution in [3.05, 3.63) is 94.5 Å². The van der Waals surface area contributed by atoms with Crippen LogP contribution in [0.5, 0.6) is 5.75 Å². The molecule has 180 valence electrons. The summed E-state index contributed by atoms with van der Waals surface area (Å²) in [6.07, 6.45) is 2.54. The zero-order valence-electron chi connectivity index (χ0n) is 20.5. The number of hydrogen-bond acceptors (Lipinski definition) is 5. The summed E-state index contributed by atoms with van der Waals surface area (Å²) in [6, 6.07) is 27.3.